The lowest BCUT2D eigenvalue weighted by atomic mass is 10.1. The second-order valence-corrected chi connectivity index (χ2v) is 5.42. The van der Waals surface area contributed by atoms with Crippen molar-refractivity contribution in [1.82, 2.24) is 14.8 Å². The Bertz CT molecular complexity index is 492. The SMILES string of the molecule is CCC(N)Cc1ccc(Sc2cnn(C)c2)nc1. The van der Waals surface area contributed by atoms with Gasteiger partial charge in [-0.15, -0.1) is 0 Å². The summed E-state index contributed by atoms with van der Waals surface area (Å²) in [6.07, 6.45) is 7.61. The molecule has 0 spiro atoms. The van der Waals surface area contributed by atoms with Crippen LogP contribution in [0, 0.1) is 0 Å². The van der Waals surface area contributed by atoms with E-state index in [1.54, 1.807) is 16.4 Å². The molecule has 0 saturated heterocycles. The molecule has 0 aliphatic carbocycles. The number of nitrogens with zero attached hydrogens (tertiary/aromatic N) is 3. The summed E-state index contributed by atoms with van der Waals surface area (Å²) >= 11 is 1.62. The van der Waals surface area contributed by atoms with Crippen LogP contribution in [-0.4, -0.2) is 20.8 Å². The smallest absolute Gasteiger partial charge is 0.101 e. The molecule has 2 rings (SSSR count). The molecule has 0 aliphatic heterocycles. The second kappa shape index (κ2) is 6.02. The highest BCUT2D eigenvalue weighted by Crippen LogP contribution is 2.25. The van der Waals surface area contributed by atoms with E-state index in [1.165, 1.54) is 5.56 Å². The largest absolute Gasteiger partial charge is 0.327 e. The van der Waals surface area contributed by atoms with Gasteiger partial charge < -0.3 is 5.73 Å². The standard InChI is InChI=1S/C13H18N4S/c1-3-11(14)6-10-4-5-13(15-7-10)18-12-8-16-17(2)9-12/h4-5,7-9,11H,3,6,14H2,1-2H3. The molecule has 1 atom stereocenters. The zero-order valence-electron chi connectivity index (χ0n) is 10.7. The van der Waals surface area contributed by atoms with Gasteiger partial charge in [-0.2, -0.15) is 5.10 Å². The van der Waals surface area contributed by atoms with Crippen LogP contribution < -0.4 is 5.73 Å². The molecule has 0 radical (unpaired) electrons. The minimum absolute atomic E-state index is 0.226. The second-order valence-electron chi connectivity index (χ2n) is 4.33. The van der Waals surface area contributed by atoms with E-state index in [9.17, 15) is 0 Å². The van der Waals surface area contributed by atoms with Crippen molar-refractivity contribution in [3.05, 3.63) is 36.3 Å². The average Bonchev–Trinajstić information content (AvgIpc) is 2.77. The molecular weight excluding hydrogens is 244 g/mol. The van der Waals surface area contributed by atoms with Crippen LogP contribution in [0.25, 0.3) is 0 Å². The third-order valence-electron chi connectivity index (χ3n) is 2.72. The molecule has 0 fully saturated rings. The van der Waals surface area contributed by atoms with Crippen molar-refractivity contribution in [3.8, 4) is 0 Å². The van der Waals surface area contributed by atoms with E-state index in [-0.39, 0.29) is 6.04 Å². The van der Waals surface area contributed by atoms with Crippen LogP contribution in [0.2, 0.25) is 0 Å². The lowest BCUT2D eigenvalue weighted by Gasteiger charge is -2.08. The molecule has 2 heterocycles. The lowest BCUT2D eigenvalue weighted by Crippen LogP contribution is -2.21. The fraction of sp³-hybridized carbons (Fsp3) is 0.385. The van der Waals surface area contributed by atoms with E-state index in [2.05, 4.69) is 23.1 Å². The molecule has 4 nitrogen and oxygen atoms in total. The molecule has 2 aromatic heterocycles. The molecule has 0 aromatic carbocycles. The Kier molecular flexibility index (Phi) is 4.38. The van der Waals surface area contributed by atoms with Crippen LogP contribution >= 0.6 is 11.8 Å². The van der Waals surface area contributed by atoms with Crippen LogP contribution in [-0.2, 0) is 13.5 Å². The van der Waals surface area contributed by atoms with Crippen molar-refractivity contribution >= 4 is 11.8 Å². The normalized spacial score (nSPS) is 12.6. The molecule has 1 unspecified atom stereocenters. The zero-order valence-corrected chi connectivity index (χ0v) is 11.5. The molecule has 0 bridgehead atoms. The van der Waals surface area contributed by atoms with E-state index >= 15 is 0 Å². The van der Waals surface area contributed by atoms with Crippen LogP contribution in [0.4, 0.5) is 0 Å². The summed E-state index contributed by atoms with van der Waals surface area (Å²) < 4.78 is 1.79. The van der Waals surface area contributed by atoms with Crippen molar-refractivity contribution < 1.29 is 0 Å². The van der Waals surface area contributed by atoms with E-state index in [0.29, 0.717) is 0 Å². The highest BCUT2D eigenvalue weighted by molar-refractivity contribution is 7.99. The van der Waals surface area contributed by atoms with Crippen LogP contribution in [0.15, 0.2) is 40.6 Å². The van der Waals surface area contributed by atoms with Crippen LogP contribution in [0.3, 0.4) is 0 Å². The summed E-state index contributed by atoms with van der Waals surface area (Å²) in [4.78, 5) is 5.54. The van der Waals surface area contributed by atoms with Gasteiger partial charge in [0.1, 0.15) is 5.03 Å². The first kappa shape index (κ1) is 13.1. The Morgan fingerprint density at radius 3 is 2.78 bits per heavy atom. The molecular formula is C13H18N4S. The quantitative estimate of drug-likeness (QED) is 0.898. The highest BCUT2D eigenvalue weighted by atomic mass is 32.2. The Labute approximate surface area is 112 Å². The fourth-order valence-electron chi connectivity index (χ4n) is 1.61. The number of hydrogen-bond donors (Lipinski definition) is 1. The molecule has 2 N–H and O–H groups in total. The Morgan fingerprint density at radius 1 is 1.39 bits per heavy atom. The van der Waals surface area contributed by atoms with Gasteiger partial charge in [-0.1, -0.05) is 24.8 Å². The zero-order chi connectivity index (χ0) is 13.0. The molecule has 2 aromatic rings. The number of aryl methyl sites for hydroxylation is 1. The number of hydrogen-bond acceptors (Lipinski definition) is 4. The van der Waals surface area contributed by atoms with Crippen molar-refractivity contribution in [2.75, 3.05) is 0 Å². The van der Waals surface area contributed by atoms with Gasteiger partial charge in [-0.3, -0.25) is 4.68 Å². The van der Waals surface area contributed by atoms with Crippen LogP contribution in [0.5, 0.6) is 0 Å². The number of pyridine rings is 1. The first-order valence-corrected chi connectivity index (χ1v) is 6.86. The van der Waals surface area contributed by atoms with Gasteiger partial charge in [0.2, 0.25) is 0 Å². The molecule has 96 valence electrons. The van der Waals surface area contributed by atoms with Gasteiger partial charge in [0.05, 0.1) is 11.1 Å². The average molecular weight is 262 g/mol. The minimum Gasteiger partial charge on any atom is -0.327 e. The van der Waals surface area contributed by atoms with Crippen molar-refractivity contribution in [2.45, 2.75) is 35.7 Å². The number of aromatic nitrogens is 3. The van der Waals surface area contributed by atoms with Gasteiger partial charge in [-0.25, -0.2) is 4.98 Å². The van der Waals surface area contributed by atoms with Crippen molar-refractivity contribution in [1.29, 1.82) is 0 Å². The topological polar surface area (TPSA) is 56.7 Å². The van der Waals surface area contributed by atoms with Crippen molar-refractivity contribution in [2.24, 2.45) is 12.8 Å². The molecule has 5 heteroatoms. The maximum atomic E-state index is 5.93. The van der Waals surface area contributed by atoms with E-state index < -0.39 is 0 Å². The van der Waals surface area contributed by atoms with E-state index in [0.717, 1.165) is 22.8 Å². The third kappa shape index (κ3) is 3.58. The monoisotopic (exact) mass is 262 g/mol. The van der Waals surface area contributed by atoms with Gasteiger partial charge in [-0.05, 0) is 24.5 Å². The number of nitrogens with two attached hydrogens (primary N) is 1. The van der Waals surface area contributed by atoms with Crippen molar-refractivity contribution in [3.63, 3.8) is 0 Å². The number of rotatable bonds is 5. The molecule has 0 saturated carbocycles. The first-order chi connectivity index (χ1) is 8.67. The Hall–Kier alpha value is -1.33. The van der Waals surface area contributed by atoms with Crippen LogP contribution in [0.1, 0.15) is 18.9 Å². The van der Waals surface area contributed by atoms with E-state index in [1.807, 2.05) is 31.7 Å². The maximum Gasteiger partial charge on any atom is 0.101 e. The van der Waals surface area contributed by atoms with Gasteiger partial charge in [0.15, 0.2) is 0 Å². The van der Waals surface area contributed by atoms with Gasteiger partial charge >= 0.3 is 0 Å². The molecule has 0 aliphatic rings. The predicted molar refractivity (Wildman–Crippen MR) is 73.5 cm³/mol. The first-order valence-electron chi connectivity index (χ1n) is 6.04. The Morgan fingerprint density at radius 2 is 2.22 bits per heavy atom. The van der Waals surface area contributed by atoms with Gasteiger partial charge in [0.25, 0.3) is 0 Å². The summed E-state index contributed by atoms with van der Waals surface area (Å²) in [5, 5.41) is 5.12. The van der Waals surface area contributed by atoms with Gasteiger partial charge in [0, 0.05) is 25.5 Å². The minimum atomic E-state index is 0.226. The fourth-order valence-corrected chi connectivity index (χ4v) is 2.40. The highest BCUT2D eigenvalue weighted by Gasteiger charge is 2.04. The maximum absolute atomic E-state index is 5.93. The predicted octanol–water partition coefficient (Wildman–Crippen LogP) is 2.25. The molecule has 0 amide bonds. The Balaban J connectivity index is 1.99. The third-order valence-corrected chi connectivity index (χ3v) is 3.62. The molecule has 18 heavy (non-hydrogen) atoms. The lowest BCUT2D eigenvalue weighted by molar-refractivity contribution is 0.644. The summed E-state index contributed by atoms with van der Waals surface area (Å²) in [6, 6.07) is 4.36. The summed E-state index contributed by atoms with van der Waals surface area (Å²) in [6.45, 7) is 2.10. The summed E-state index contributed by atoms with van der Waals surface area (Å²) in [5.74, 6) is 0. The summed E-state index contributed by atoms with van der Waals surface area (Å²) in [5.41, 5.74) is 7.12. The van der Waals surface area contributed by atoms with E-state index in [4.69, 9.17) is 5.73 Å². The summed E-state index contributed by atoms with van der Waals surface area (Å²) in [7, 11) is 1.91.